The first-order chi connectivity index (χ1) is 12.6. The Balaban J connectivity index is 5.55. The van der Waals surface area contributed by atoms with Gasteiger partial charge in [-0.25, -0.2) is 0 Å². The molecule has 0 N–H and O–H groups in total. The van der Waals surface area contributed by atoms with E-state index in [0.717, 1.165) is 16.6 Å². The third-order valence-corrected chi connectivity index (χ3v) is 30.8. The number of hydrogen-bond donors (Lipinski definition) is 0. The predicted molar refractivity (Wildman–Crippen MR) is 135 cm³/mol. The standard InChI is InChI=1S/C13H27Si.3C4H9.Sn/c1-10(2)9-14(11(3)4,12(5)6)13(7)8;3*1-3-4-2;/h11-13H,1-2,9H2,3-8H3;3*1,3-4H2,2H3;. The van der Waals surface area contributed by atoms with Crippen molar-refractivity contribution in [1.82, 2.24) is 0 Å². The van der Waals surface area contributed by atoms with Gasteiger partial charge in [-0.1, -0.05) is 0 Å². The summed E-state index contributed by atoms with van der Waals surface area (Å²) in [6.07, 6.45) is 8.60. The van der Waals surface area contributed by atoms with Gasteiger partial charge in [-0.15, -0.1) is 0 Å². The molecule has 0 aromatic heterocycles. The Morgan fingerprint density at radius 1 is 0.704 bits per heavy atom. The fourth-order valence-corrected chi connectivity index (χ4v) is 29.4. The molecule has 0 aliphatic rings. The molecule has 0 saturated heterocycles. The summed E-state index contributed by atoms with van der Waals surface area (Å²) < 4.78 is 6.40. The molecule has 0 unspecified atom stereocenters. The summed E-state index contributed by atoms with van der Waals surface area (Å²) in [4.78, 5) is 0. The van der Waals surface area contributed by atoms with E-state index in [1.807, 2.05) is 0 Å². The van der Waals surface area contributed by atoms with E-state index >= 15 is 0 Å². The van der Waals surface area contributed by atoms with Gasteiger partial charge in [-0.05, 0) is 0 Å². The van der Waals surface area contributed by atoms with Crippen molar-refractivity contribution in [3.8, 4) is 0 Å². The summed E-state index contributed by atoms with van der Waals surface area (Å²) in [5, 5.41) is 0. The Bertz CT molecular complexity index is 354. The molecular weight excluding hydrogens is 447 g/mol. The number of unbranched alkanes of at least 4 members (excludes halogenated alkanes) is 3. The molecule has 0 spiro atoms. The van der Waals surface area contributed by atoms with E-state index < -0.39 is 26.5 Å². The van der Waals surface area contributed by atoms with Gasteiger partial charge in [0.15, 0.2) is 0 Å². The van der Waals surface area contributed by atoms with E-state index in [2.05, 4.69) is 62.3 Å². The van der Waals surface area contributed by atoms with Crippen LogP contribution in [-0.4, -0.2) is 26.5 Å². The van der Waals surface area contributed by atoms with Crippen molar-refractivity contribution >= 4 is 26.5 Å². The SMILES string of the molecule is C=C(C[Si](C(C)C)(C(C)C)C(C)C)[CH2][Sn]([CH2]CCC)([CH2]CCC)[CH2]CCC. The van der Waals surface area contributed by atoms with Crippen LogP contribution in [0.25, 0.3) is 0 Å². The van der Waals surface area contributed by atoms with Gasteiger partial charge in [0.05, 0.1) is 0 Å². The van der Waals surface area contributed by atoms with Gasteiger partial charge >= 0.3 is 180 Å². The van der Waals surface area contributed by atoms with Gasteiger partial charge < -0.3 is 0 Å². The second-order valence-corrected chi connectivity index (χ2v) is 30.4. The molecule has 27 heavy (non-hydrogen) atoms. The zero-order valence-corrected chi connectivity index (χ0v) is 24.6. The van der Waals surface area contributed by atoms with E-state index in [9.17, 15) is 0 Å². The molecule has 0 aromatic carbocycles. The second-order valence-electron chi connectivity index (χ2n) is 10.5. The summed E-state index contributed by atoms with van der Waals surface area (Å²) in [6.45, 7) is 27.0. The molecule has 0 aliphatic carbocycles. The van der Waals surface area contributed by atoms with Crippen LogP contribution < -0.4 is 0 Å². The minimum atomic E-state index is -2.09. The second kappa shape index (κ2) is 13.9. The monoisotopic (exact) mass is 502 g/mol. The van der Waals surface area contributed by atoms with Crippen LogP contribution in [0.5, 0.6) is 0 Å². The van der Waals surface area contributed by atoms with E-state index in [1.54, 1.807) is 18.9 Å². The summed E-state index contributed by atoms with van der Waals surface area (Å²) in [5.41, 5.74) is 4.28. The molecule has 0 fully saturated rings. The van der Waals surface area contributed by atoms with Gasteiger partial charge in [0, 0.05) is 0 Å². The Kier molecular flexibility index (Phi) is 14.3. The summed E-state index contributed by atoms with van der Waals surface area (Å²) >= 11 is -2.09. The van der Waals surface area contributed by atoms with Gasteiger partial charge in [-0.3, -0.25) is 0 Å². The van der Waals surface area contributed by atoms with Gasteiger partial charge in [0.25, 0.3) is 0 Å². The summed E-state index contributed by atoms with van der Waals surface area (Å²) in [5.74, 6) is 0. The number of allylic oxidation sites excluding steroid dienone is 1. The Morgan fingerprint density at radius 3 is 1.30 bits per heavy atom. The fraction of sp³-hybridized carbons (Fsp3) is 0.920. The van der Waals surface area contributed by atoms with Crippen LogP contribution in [0.2, 0.25) is 40.4 Å². The van der Waals surface area contributed by atoms with Crippen LogP contribution >= 0.6 is 0 Å². The average Bonchev–Trinajstić information content (AvgIpc) is 2.59. The first kappa shape index (κ1) is 27.8. The molecule has 0 bridgehead atoms. The van der Waals surface area contributed by atoms with Crippen LogP contribution in [0.4, 0.5) is 0 Å². The zero-order valence-electron chi connectivity index (χ0n) is 20.7. The maximum atomic E-state index is 4.78. The van der Waals surface area contributed by atoms with Crippen molar-refractivity contribution in [3.05, 3.63) is 12.2 Å². The molecule has 0 atom stereocenters. The first-order valence-electron chi connectivity index (χ1n) is 12.3. The van der Waals surface area contributed by atoms with Crippen LogP contribution in [-0.2, 0) is 0 Å². The molecule has 0 rings (SSSR count). The van der Waals surface area contributed by atoms with E-state index in [1.165, 1.54) is 49.0 Å². The van der Waals surface area contributed by atoms with Crippen molar-refractivity contribution in [1.29, 1.82) is 0 Å². The van der Waals surface area contributed by atoms with E-state index in [4.69, 9.17) is 6.58 Å². The van der Waals surface area contributed by atoms with Crippen LogP contribution in [0.1, 0.15) is 101 Å². The third kappa shape index (κ3) is 8.56. The molecule has 162 valence electrons. The van der Waals surface area contributed by atoms with Crippen molar-refractivity contribution in [2.45, 2.75) is 141 Å². The Hall–Kier alpha value is 0.756. The van der Waals surface area contributed by atoms with Crippen LogP contribution in [0, 0.1) is 0 Å². The maximum absolute atomic E-state index is 4.78. The predicted octanol–water partition coefficient (Wildman–Crippen LogP) is 10.1. The molecule has 0 aromatic rings. The first-order valence-corrected chi connectivity index (χ1v) is 22.8. The summed E-state index contributed by atoms with van der Waals surface area (Å²) in [7, 11) is -1.35. The number of hydrogen-bond acceptors (Lipinski definition) is 0. The van der Waals surface area contributed by atoms with Crippen LogP contribution in [0.15, 0.2) is 12.2 Å². The van der Waals surface area contributed by atoms with Crippen LogP contribution in [0.3, 0.4) is 0 Å². The number of rotatable bonds is 16. The van der Waals surface area contributed by atoms with Crippen molar-refractivity contribution < 1.29 is 0 Å². The molecule has 0 amide bonds. The Morgan fingerprint density at radius 2 is 1.04 bits per heavy atom. The van der Waals surface area contributed by atoms with Gasteiger partial charge in [0.2, 0.25) is 0 Å². The molecule has 0 saturated carbocycles. The quantitative estimate of drug-likeness (QED) is 0.146. The van der Waals surface area contributed by atoms with Gasteiger partial charge in [-0.2, -0.15) is 0 Å². The molecule has 0 aliphatic heterocycles. The molecule has 2 heteroatoms. The zero-order chi connectivity index (χ0) is 21.1. The fourth-order valence-electron chi connectivity index (χ4n) is 5.93. The van der Waals surface area contributed by atoms with Crippen molar-refractivity contribution in [3.63, 3.8) is 0 Å². The van der Waals surface area contributed by atoms with Crippen molar-refractivity contribution in [2.24, 2.45) is 0 Å². The molecule has 0 heterocycles. The average molecular weight is 502 g/mol. The summed E-state index contributed by atoms with van der Waals surface area (Å²) in [6, 6.07) is 1.41. The Labute approximate surface area is 179 Å². The normalized spacial score (nSPS) is 13.2. The topological polar surface area (TPSA) is 0 Å². The molecule has 0 radical (unpaired) electrons. The molecule has 0 nitrogen and oxygen atoms in total. The minimum absolute atomic E-state index is 0.862. The van der Waals surface area contributed by atoms with Gasteiger partial charge in [0.1, 0.15) is 0 Å². The van der Waals surface area contributed by atoms with Crippen molar-refractivity contribution in [2.75, 3.05) is 0 Å². The third-order valence-electron chi connectivity index (χ3n) is 7.59. The van der Waals surface area contributed by atoms with E-state index in [0.29, 0.717) is 0 Å². The molecular formula is C25H54SiSn. The van der Waals surface area contributed by atoms with E-state index in [-0.39, 0.29) is 0 Å².